The largest absolute Gasteiger partial charge is 0.341 e. The average Bonchev–Trinajstić information content (AvgIpc) is 2.61. The molecule has 0 saturated heterocycles. The highest BCUT2D eigenvalue weighted by Gasteiger charge is 2.26. The fraction of sp³-hybridized carbons (Fsp3) is 0.333. The summed E-state index contributed by atoms with van der Waals surface area (Å²) in [6.45, 7) is 0. The van der Waals surface area contributed by atoms with Crippen molar-refractivity contribution in [1.82, 2.24) is 5.32 Å². The molecule has 1 saturated carbocycles. The molecule has 166 valence electrons. The van der Waals surface area contributed by atoms with E-state index in [1.807, 2.05) is 0 Å². The van der Waals surface area contributed by atoms with Crippen molar-refractivity contribution in [1.29, 1.82) is 0 Å². The van der Waals surface area contributed by atoms with Crippen molar-refractivity contribution < 1.29 is 13.6 Å². The van der Waals surface area contributed by atoms with Crippen LogP contribution in [-0.4, -0.2) is 24.1 Å². The summed E-state index contributed by atoms with van der Waals surface area (Å²) in [5, 5.41) is 5.74. The van der Waals surface area contributed by atoms with Gasteiger partial charge >= 0.3 is 0 Å². The first-order chi connectivity index (χ1) is 14.7. The molecule has 2 aromatic carbocycles. The van der Waals surface area contributed by atoms with Gasteiger partial charge in [0.1, 0.15) is 11.6 Å². The van der Waals surface area contributed by atoms with Gasteiger partial charge in [-0.3, -0.25) is 4.79 Å². The molecule has 6 N–H and O–H groups in total. The number of hydrogen-bond donors (Lipinski definition) is 4. The number of guanidine groups is 1. The van der Waals surface area contributed by atoms with E-state index >= 15 is 0 Å². The fourth-order valence-electron chi connectivity index (χ4n) is 3.24. The molecule has 0 radical (unpaired) electrons. The standard InChI is InChI=1S/C21H23Cl2F2N5O/c22-13-7-14(24)9-15(8-13)28-21(29-19(27)10-18(26)11-2-1-3-11)30-20(31)12-4-5-16(23)17(25)6-12/h4-9,11,18-19H,1-3,10,26-27H2,(H2,28,29,30,31). The zero-order chi connectivity index (χ0) is 22.5. The molecule has 0 heterocycles. The molecular formula is C21H23Cl2F2N5O. The molecule has 0 aromatic heterocycles. The molecule has 1 amide bonds. The van der Waals surface area contributed by atoms with E-state index in [9.17, 15) is 13.6 Å². The van der Waals surface area contributed by atoms with E-state index in [4.69, 9.17) is 34.7 Å². The van der Waals surface area contributed by atoms with Crippen molar-refractivity contribution >= 4 is 40.8 Å². The summed E-state index contributed by atoms with van der Waals surface area (Å²) in [5.41, 5.74) is 12.6. The lowest BCUT2D eigenvalue weighted by Gasteiger charge is -2.33. The number of halogens is 4. The van der Waals surface area contributed by atoms with E-state index in [-0.39, 0.29) is 33.3 Å². The number of benzene rings is 2. The smallest absolute Gasteiger partial charge is 0.280 e. The predicted octanol–water partition coefficient (Wildman–Crippen LogP) is 4.27. The van der Waals surface area contributed by atoms with Gasteiger partial charge in [0.2, 0.25) is 5.96 Å². The minimum atomic E-state index is -0.747. The molecule has 1 fully saturated rings. The van der Waals surface area contributed by atoms with Crippen molar-refractivity contribution in [2.45, 2.75) is 37.9 Å². The number of anilines is 1. The third kappa shape index (κ3) is 6.61. The summed E-state index contributed by atoms with van der Waals surface area (Å²) >= 11 is 11.6. The maximum atomic E-state index is 13.7. The summed E-state index contributed by atoms with van der Waals surface area (Å²) < 4.78 is 27.4. The van der Waals surface area contributed by atoms with E-state index < -0.39 is 23.7 Å². The number of nitrogens with zero attached hydrogens (tertiary/aromatic N) is 1. The zero-order valence-electron chi connectivity index (χ0n) is 16.5. The number of carbonyl (C=O) groups is 1. The van der Waals surface area contributed by atoms with E-state index in [1.165, 1.54) is 24.3 Å². The zero-order valence-corrected chi connectivity index (χ0v) is 18.1. The van der Waals surface area contributed by atoms with Crippen molar-refractivity contribution in [2.75, 3.05) is 5.32 Å². The summed E-state index contributed by atoms with van der Waals surface area (Å²) in [7, 11) is 0. The maximum Gasteiger partial charge on any atom is 0.280 e. The summed E-state index contributed by atoms with van der Waals surface area (Å²) in [5.74, 6) is -1.69. The van der Waals surface area contributed by atoms with Crippen LogP contribution in [0.2, 0.25) is 10.0 Å². The van der Waals surface area contributed by atoms with Crippen LogP contribution >= 0.6 is 23.2 Å². The first-order valence-corrected chi connectivity index (χ1v) is 10.6. The van der Waals surface area contributed by atoms with Crippen LogP contribution in [0.5, 0.6) is 0 Å². The third-order valence-electron chi connectivity index (χ3n) is 5.11. The maximum absolute atomic E-state index is 13.7. The number of amides is 1. The molecule has 10 heteroatoms. The van der Waals surface area contributed by atoms with Gasteiger partial charge in [0.25, 0.3) is 5.91 Å². The molecule has 3 rings (SSSR count). The Morgan fingerprint density at radius 3 is 2.52 bits per heavy atom. The molecule has 2 atom stereocenters. The van der Waals surface area contributed by atoms with Crippen molar-refractivity contribution in [3.63, 3.8) is 0 Å². The molecule has 0 aliphatic heterocycles. The fourth-order valence-corrected chi connectivity index (χ4v) is 3.58. The Kier molecular flexibility index (Phi) is 7.83. The van der Waals surface area contributed by atoms with Crippen LogP contribution < -0.4 is 22.1 Å². The first-order valence-electron chi connectivity index (χ1n) is 9.80. The second kappa shape index (κ2) is 10.4. The average molecular weight is 470 g/mol. The lowest BCUT2D eigenvalue weighted by atomic mass is 9.78. The molecule has 0 spiro atoms. The van der Waals surface area contributed by atoms with Crippen molar-refractivity contribution in [3.05, 3.63) is 63.6 Å². The van der Waals surface area contributed by atoms with Crippen LogP contribution in [0.3, 0.4) is 0 Å². The summed E-state index contributed by atoms with van der Waals surface area (Å²) in [4.78, 5) is 16.5. The summed E-state index contributed by atoms with van der Waals surface area (Å²) in [6, 6.07) is 7.28. The number of nitrogens with one attached hydrogen (secondary N) is 2. The topological polar surface area (TPSA) is 106 Å². The first kappa shape index (κ1) is 23.4. The second-order valence-electron chi connectivity index (χ2n) is 7.52. The van der Waals surface area contributed by atoms with Gasteiger partial charge in [-0.05, 0) is 61.6 Å². The lowest BCUT2D eigenvalue weighted by Crippen LogP contribution is -2.49. The monoisotopic (exact) mass is 469 g/mol. The number of aliphatic imine (C=N–C) groups is 1. The highest BCUT2D eigenvalue weighted by Crippen LogP contribution is 2.30. The van der Waals surface area contributed by atoms with Crippen molar-refractivity contribution in [3.8, 4) is 0 Å². The molecule has 0 bridgehead atoms. The van der Waals surface area contributed by atoms with Crippen LogP contribution in [-0.2, 0) is 0 Å². The number of hydrogen-bond acceptors (Lipinski definition) is 3. The van der Waals surface area contributed by atoms with Crippen LogP contribution in [0.15, 0.2) is 41.4 Å². The molecule has 6 nitrogen and oxygen atoms in total. The van der Waals surface area contributed by atoms with Gasteiger partial charge in [-0.1, -0.05) is 29.6 Å². The van der Waals surface area contributed by atoms with Crippen LogP contribution in [0.25, 0.3) is 0 Å². The van der Waals surface area contributed by atoms with Crippen LogP contribution in [0.1, 0.15) is 36.0 Å². The molecule has 2 aromatic rings. The Labute approximate surface area is 189 Å². The molecular weight excluding hydrogens is 447 g/mol. The third-order valence-corrected chi connectivity index (χ3v) is 5.63. The van der Waals surface area contributed by atoms with E-state index in [0.717, 1.165) is 31.4 Å². The number of carbonyl (C=O) groups excluding carboxylic acids is 1. The molecule has 31 heavy (non-hydrogen) atoms. The minimum absolute atomic E-state index is 0.0139. The Bertz CT molecular complexity index is 964. The normalized spacial score (nSPS) is 16.4. The number of rotatable bonds is 6. The van der Waals surface area contributed by atoms with Crippen LogP contribution in [0, 0.1) is 17.6 Å². The second-order valence-corrected chi connectivity index (χ2v) is 8.36. The highest BCUT2D eigenvalue weighted by molar-refractivity contribution is 6.31. The Balaban J connectivity index is 1.80. The van der Waals surface area contributed by atoms with Crippen LogP contribution in [0.4, 0.5) is 14.5 Å². The lowest BCUT2D eigenvalue weighted by molar-refractivity contribution is 0.100. The highest BCUT2D eigenvalue weighted by atomic mass is 35.5. The Morgan fingerprint density at radius 1 is 1.16 bits per heavy atom. The summed E-state index contributed by atoms with van der Waals surface area (Å²) in [6.07, 6.45) is 3.10. The predicted molar refractivity (Wildman–Crippen MR) is 119 cm³/mol. The van der Waals surface area contributed by atoms with Gasteiger partial charge in [0, 0.05) is 22.3 Å². The van der Waals surface area contributed by atoms with E-state index in [2.05, 4.69) is 15.6 Å². The SMILES string of the molecule is NC(CC(N)C1CCC1)N/C(=N\C(=O)c1ccc(Cl)c(F)c1)Nc1cc(F)cc(Cl)c1. The van der Waals surface area contributed by atoms with Gasteiger partial charge in [-0.25, -0.2) is 8.78 Å². The molecule has 1 aliphatic carbocycles. The Hall–Kier alpha value is -2.26. The van der Waals surface area contributed by atoms with Gasteiger partial charge in [0.15, 0.2) is 0 Å². The van der Waals surface area contributed by atoms with E-state index in [1.54, 1.807) is 0 Å². The van der Waals surface area contributed by atoms with Gasteiger partial charge in [0.05, 0.1) is 11.2 Å². The Morgan fingerprint density at radius 2 is 1.90 bits per heavy atom. The molecule has 1 aliphatic rings. The number of nitrogens with two attached hydrogens (primary N) is 2. The molecule has 2 unspecified atom stereocenters. The van der Waals surface area contributed by atoms with Gasteiger partial charge < -0.3 is 22.1 Å². The van der Waals surface area contributed by atoms with Gasteiger partial charge in [-0.15, -0.1) is 0 Å². The minimum Gasteiger partial charge on any atom is -0.341 e. The van der Waals surface area contributed by atoms with Crippen molar-refractivity contribution in [2.24, 2.45) is 22.4 Å². The quantitative estimate of drug-likeness (QED) is 0.287. The van der Waals surface area contributed by atoms with E-state index in [0.29, 0.717) is 12.3 Å². The van der Waals surface area contributed by atoms with Gasteiger partial charge in [-0.2, -0.15) is 4.99 Å².